The monoisotopic (exact) mass is 615 g/mol. The number of benzene rings is 4. The van der Waals surface area contributed by atoms with Crippen LogP contribution in [0.5, 0.6) is 5.75 Å². The van der Waals surface area contributed by atoms with E-state index >= 15 is 0 Å². The lowest BCUT2D eigenvalue weighted by Crippen LogP contribution is -3.00. The van der Waals surface area contributed by atoms with Gasteiger partial charge < -0.3 is 28.7 Å². The first kappa shape index (κ1) is 25.2. The summed E-state index contributed by atoms with van der Waals surface area (Å²) in [5.74, 6) is 1.98. The Labute approximate surface area is 237 Å². The average Bonchev–Trinajstić information content (AvgIpc) is 3.51. The Balaban J connectivity index is 0.00000280. The van der Waals surface area contributed by atoms with Crippen LogP contribution in [0, 0.1) is 0 Å². The molecule has 2 heterocycles. The van der Waals surface area contributed by atoms with Crippen LogP contribution in [0.2, 0.25) is 0 Å². The van der Waals surface area contributed by atoms with Gasteiger partial charge in [-0.25, -0.2) is 9.55 Å². The number of para-hydroxylation sites is 2. The summed E-state index contributed by atoms with van der Waals surface area (Å²) in [5, 5.41) is 1.04. The number of nitrogens with zero attached hydrogens (tertiary/aromatic N) is 3. The molecule has 0 bridgehead atoms. The molecule has 37 heavy (non-hydrogen) atoms. The maximum atomic E-state index is 5.32. The molecule has 0 aliphatic heterocycles. The third-order valence-electron chi connectivity index (χ3n) is 6.42. The van der Waals surface area contributed by atoms with Gasteiger partial charge in [0.05, 0.1) is 23.9 Å². The van der Waals surface area contributed by atoms with E-state index in [0.29, 0.717) is 0 Å². The van der Waals surface area contributed by atoms with Crippen LogP contribution < -0.4 is 33.3 Å². The minimum Gasteiger partial charge on any atom is -1.00 e. The Morgan fingerprint density at radius 1 is 0.892 bits per heavy atom. The van der Waals surface area contributed by atoms with Crippen molar-refractivity contribution in [2.24, 2.45) is 0 Å². The number of aromatic nitrogens is 3. The molecule has 0 saturated heterocycles. The van der Waals surface area contributed by atoms with Crippen molar-refractivity contribution in [2.75, 3.05) is 7.11 Å². The fourth-order valence-electron chi connectivity index (χ4n) is 4.66. The van der Waals surface area contributed by atoms with Gasteiger partial charge in [0.15, 0.2) is 11.0 Å². The quantitative estimate of drug-likeness (QED) is 0.206. The zero-order chi connectivity index (χ0) is 24.5. The van der Waals surface area contributed by atoms with Crippen LogP contribution in [-0.4, -0.2) is 16.7 Å². The van der Waals surface area contributed by atoms with E-state index in [1.54, 1.807) is 18.4 Å². The standard InChI is InChI=1S/C31H26N3OS.HI/c1-3-33-28-21-23(31-32-26-11-7-8-12-29(26)36-31)16-19-27(28)34(24-9-5-4-6-10-24)30(33)20-15-22-13-17-25(35-2)18-14-22;/h4-21H,3H2,1-2H3;1H/q+1;/p-1/b20-15+;. The molecule has 0 unspecified atom stereocenters. The van der Waals surface area contributed by atoms with Crippen LogP contribution in [0.4, 0.5) is 0 Å². The summed E-state index contributed by atoms with van der Waals surface area (Å²) in [6, 6.07) is 33.7. The molecule has 0 spiro atoms. The largest absolute Gasteiger partial charge is 1.00 e. The van der Waals surface area contributed by atoms with Gasteiger partial charge in [-0.2, -0.15) is 4.57 Å². The second kappa shape index (κ2) is 10.9. The van der Waals surface area contributed by atoms with Gasteiger partial charge >= 0.3 is 0 Å². The molecule has 6 aromatic rings. The highest BCUT2D eigenvalue weighted by atomic mass is 127. The van der Waals surface area contributed by atoms with Gasteiger partial charge in [-0.15, -0.1) is 11.3 Å². The molecular formula is C31H26IN3OS. The number of hydrogen-bond acceptors (Lipinski definition) is 3. The van der Waals surface area contributed by atoms with E-state index in [-0.39, 0.29) is 24.0 Å². The van der Waals surface area contributed by atoms with Crippen LogP contribution in [0.3, 0.4) is 0 Å². The van der Waals surface area contributed by atoms with E-state index in [1.165, 1.54) is 15.7 Å². The second-order valence-corrected chi connectivity index (χ2v) is 9.60. The van der Waals surface area contributed by atoms with Gasteiger partial charge in [0.1, 0.15) is 16.4 Å². The Hall–Kier alpha value is -3.49. The molecule has 4 aromatic carbocycles. The fraction of sp³-hybridized carbons (Fsp3) is 0.0968. The highest BCUT2D eigenvalue weighted by molar-refractivity contribution is 7.21. The predicted molar refractivity (Wildman–Crippen MR) is 150 cm³/mol. The average molecular weight is 616 g/mol. The lowest BCUT2D eigenvalue weighted by Gasteiger charge is -2.01. The molecule has 4 nitrogen and oxygen atoms in total. The first-order valence-electron chi connectivity index (χ1n) is 12.1. The highest BCUT2D eigenvalue weighted by Gasteiger charge is 2.24. The van der Waals surface area contributed by atoms with E-state index in [1.807, 2.05) is 18.2 Å². The molecule has 2 aromatic heterocycles. The van der Waals surface area contributed by atoms with Crippen molar-refractivity contribution in [3.63, 3.8) is 0 Å². The van der Waals surface area contributed by atoms with Gasteiger partial charge in [0.2, 0.25) is 0 Å². The number of rotatable bonds is 6. The van der Waals surface area contributed by atoms with Crippen molar-refractivity contribution >= 4 is 44.7 Å². The number of aryl methyl sites for hydroxylation is 1. The summed E-state index contributed by atoms with van der Waals surface area (Å²) in [6.45, 7) is 3.05. The smallest absolute Gasteiger partial charge is 0.287 e. The lowest BCUT2D eigenvalue weighted by molar-refractivity contribution is -0.670. The molecule has 0 aliphatic carbocycles. The summed E-state index contributed by atoms with van der Waals surface area (Å²) in [4.78, 5) is 4.90. The van der Waals surface area contributed by atoms with E-state index in [9.17, 15) is 0 Å². The molecule has 6 heteroatoms. The van der Waals surface area contributed by atoms with Gasteiger partial charge in [-0.1, -0.05) is 42.5 Å². The first-order valence-corrected chi connectivity index (χ1v) is 12.9. The van der Waals surface area contributed by atoms with Crippen molar-refractivity contribution in [2.45, 2.75) is 13.5 Å². The topological polar surface area (TPSA) is 30.9 Å². The zero-order valence-corrected chi connectivity index (χ0v) is 23.6. The van der Waals surface area contributed by atoms with Crippen molar-refractivity contribution in [1.82, 2.24) is 9.55 Å². The van der Waals surface area contributed by atoms with Crippen molar-refractivity contribution < 1.29 is 33.3 Å². The summed E-state index contributed by atoms with van der Waals surface area (Å²) < 4.78 is 11.2. The van der Waals surface area contributed by atoms with Crippen molar-refractivity contribution in [1.29, 1.82) is 0 Å². The number of hydrogen-bond donors (Lipinski definition) is 0. The zero-order valence-electron chi connectivity index (χ0n) is 20.6. The summed E-state index contributed by atoms with van der Waals surface area (Å²) in [6.07, 6.45) is 4.36. The highest BCUT2D eigenvalue weighted by Crippen LogP contribution is 2.32. The van der Waals surface area contributed by atoms with E-state index in [2.05, 4.69) is 107 Å². The third-order valence-corrected chi connectivity index (χ3v) is 7.51. The summed E-state index contributed by atoms with van der Waals surface area (Å²) in [5.41, 5.74) is 6.80. The molecule has 0 N–H and O–H groups in total. The number of fused-ring (bicyclic) bond motifs is 2. The molecule has 0 amide bonds. The molecule has 0 atom stereocenters. The van der Waals surface area contributed by atoms with Crippen molar-refractivity contribution in [3.05, 3.63) is 108 Å². The SMILES string of the molecule is CC[n+]1c(/C=C/c2ccc(OC)cc2)n(-c2ccccc2)c2ccc(-c3nc4ccccc4s3)cc21.[I-]. The Morgan fingerprint density at radius 2 is 1.65 bits per heavy atom. The number of methoxy groups -OCH3 is 1. The molecule has 6 rings (SSSR count). The van der Waals surface area contributed by atoms with Gasteiger partial charge in [-0.3, -0.25) is 0 Å². The number of halogens is 1. The second-order valence-electron chi connectivity index (χ2n) is 8.57. The summed E-state index contributed by atoms with van der Waals surface area (Å²) in [7, 11) is 1.69. The Kier molecular flexibility index (Phi) is 7.39. The summed E-state index contributed by atoms with van der Waals surface area (Å²) >= 11 is 1.74. The van der Waals surface area contributed by atoms with Crippen LogP contribution >= 0.6 is 11.3 Å². The van der Waals surface area contributed by atoms with Crippen LogP contribution in [0.1, 0.15) is 18.3 Å². The number of imidazole rings is 1. The fourth-order valence-corrected chi connectivity index (χ4v) is 5.62. The number of ether oxygens (including phenoxy) is 1. The maximum absolute atomic E-state index is 5.32. The Morgan fingerprint density at radius 3 is 2.38 bits per heavy atom. The van der Waals surface area contributed by atoms with E-state index in [0.717, 1.165) is 45.5 Å². The van der Waals surface area contributed by atoms with Gasteiger partial charge in [0.25, 0.3) is 5.82 Å². The molecule has 184 valence electrons. The van der Waals surface area contributed by atoms with Crippen LogP contribution in [0.15, 0.2) is 97.1 Å². The van der Waals surface area contributed by atoms with Crippen LogP contribution in [0.25, 0.3) is 49.7 Å². The first-order chi connectivity index (χ1) is 17.7. The minimum absolute atomic E-state index is 0. The maximum Gasteiger partial charge on any atom is 0.287 e. The third kappa shape index (κ3) is 4.79. The molecule has 0 fully saturated rings. The molecular weight excluding hydrogens is 589 g/mol. The van der Waals surface area contributed by atoms with Gasteiger partial charge in [-0.05, 0) is 73.2 Å². The predicted octanol–water partition coefficient (Wildman–Crippen LogP) is 4.40. The Bertz CT molecular complexity index is 1670. The van der Waals surface area contributed by atoms with Crippen LogP contribution in [-0.2, 0) is 6.54 Å². The molecule has 0 saturated carbocycles. The van der Waals surface area contributed by atoms with Crippen molar-refractivity contribution in [3.8, 4) is 22.0 Å². The normalized spacial score (nSPS) is 11.3. The minimum atomic E-state index is 0. The van der Waals surface area contributed by atoms with E-state index in [4.69, 9.17) is 9.72 Å². The molecule has 0 radical (unpaired) electrons. The molecule has 0 aliphatic rings. The van der Waals surface area contributed by atoms with E-state index < -0.39 is 0 Å². The van der Waals surface area contributed by atoms with Gasteiger partial charge in [0, 0.05) is 11.6 Å². The number of thiazole rings is 1. The lowest BCUT2D eigenvalue weighted by atomic mass is 10.2.